The van der Waals surface area contributed by atoms with Gasteiger partial charge in [-0.05, 0) is 5.56 Å². The molecule has 0 aliphatic heterocycles. The zero-order chi connectivity index (χ0) is 13.4. The van der Waals surface area contributed by atoms with Crippen LogP contribution in [0.4, 0.5) is 0 Å². The van der Waals surface area contributed by atoms with Crippen molar-refractivity contribution in [1.82, 2.24) is 5.32 Å². The summed E-state index contributed by atoms with van der Waals surface area (Å²) < 4.78 is 4.97. The van der Waals surface area contributed by atoms with E-state index in [2.05, 4.69) is 5.32 Å². The van der Waals surface area contributed by atoms with E-state index < -0.39 is 24.5 Å². The SMILES string of the molecule is O=C(CCl)N[C@@H](CO)C(=O)OCc1ccccc1. The molecule has 1 aromatic carbocycles. The summed E-state index contributed by atoms with van der Waals surface area (Å²) in [7, 11) is 0. The molecule has 0 heterocycles. The van der Waals surface area contributed by atoms with Crippen LogP contribution in [0.2, 0.25) is 0 Å². The first-order valence-corrected chi connectivity index (χ1v) is 5.87. The topological polar surface area (TPSA) is 75.6 Å². The predicted molar refractivity (Wildman–Crippen MR) is 66.0 cm³/mol. The van der Waals surface area contributed by atoms with E-state index in [9.17, 15) is 9.59 Å². The van der Waals surface area contributed by atoms with Crippen molar-refractivity contribution >= 4 is 23.5 Å². The molecule has 18 heavy (non-hydrogen) atoms. The van der Waals surface area contributed by atoms with Gasteiger partial charge in [0.25, 0.3) is 0 Å². The number of ether oxygens (including phenoxy) is 1. The van der Waals surface area contributed by atoms with Crippen LogP contribution >= 0.6 is 11.6 Å². The van der Waals surface area contributed by atoms with Crippen LogP contribution in [-0.4, -0.2) is 35.5 Å². The summed E-state index contributed by atoms with van der Waals surface area (Å²) in [5.74, 6) is -1.50. The maximum Gasteiger partial charge on any atom is 0.331 e. The fraction of sp³-hybridized carbons (Fsp3) is 0.333. The van der Waals surface area contributed by atoms with E-state index in [1.54, 1.807) is 12.1 Å². The fourth-order valence-electron chi connectivity index (χ4n) is 1.24. The zero-order valence-corrected chi connectivity index (χ0v) is 10.4. The highest BCUT2D eigenvalue weighted by atomic mass is 35.5. The van der Waals surface area contributed by atoms with Crippen LogP contribution in [0.25, 0.3) is 0 Å². The number of alkyl halides is 1. The number of halogens is 1. The van der Waals surface area contributed by atoms with E-state index in [0.29, 0.717) is 0 Å². The summed E-state index contributed by atoms with van der Waals surface area (Å²) in [5, 5.41) is 11.2. The molecule has 0 saturated carbocycles. The average molecular weight is 272 g/mol. The molecule has 0 unspecified atom stereocenters. The van der Waals surface area contributed by atoms with Crippen molar-refractivity contribution in [3.05, 3.63) is 35.9 Å². The summed E-state index contributed by atoms with van der Waals surface area (Å²) in [6, 6.07) is 8.02. The Labute approximate surface area is 110 Å². The molecular weight excluding hydrogens is 258 g/mol. The normalized spacial score (nSPS) is 11.7. The highest BCUT2D eigenvalue weighted by Crippen LogP contribution is 2.02. The highest BCUT2D eigenvalue weighted by molar-refractivity contribution is 6.27. The van der Waals surface area contributed by atoms with Gasteiger partial charge in [0.05, 0.1) is 6.61 Å². The molecule has 0 aliphatic rings. The van der Waals surface area contributed by atoms with E-state index in [0.717, 1.165) is 5.56 Å². The molecule has 0 radical (unpaired) electrons. The van der Waals surface area contributed by atoms with E-state index in [1.165, 1.54) is 0 Å². The number of carbonyl (C=O) groups is 2. The summed E-state index contributed by atoms with van der Waals surface area (Å²) >= 11 is 5.28. The minimum atomic E-state index is -1.08. The third-order valence-electron chi connectivity index (χ3n) is 2.15. The summed E-state index contributed by atoms with van der Waals surface area (Å²) in [5.41, 5.74) is 0.825. The first-order chi connectivity index (χ1) is 8.67. The number of benzene rings is 1. The summed E-state index contributed by atoms with van der Waals surface area (Å²) in [6.07, 6.45) is 0. The van der Waals surface area contributed by atoms with Gasteiger partial charge in [0.2, 0.25) is 5.91 Å². The molecule has 0 fully saturated rings. The Balaban J connectivity index is 2.45. The second kappa shape index (κ2) is 7.68. The van der Waals surface area contributed by atoms with Crippen LogP contribution in [-0.2, 0) is 20.9 Å². The van der Waals surface area contributed by atoms with Gasteiger partial charge in [-0.1, -0.05) is 30.3 Å². The number of esters is 1. The van der Waals surface area contributed by atoms with Gasteiger partial charge in [-0.15, -0.1) is 11.6 Å². The number of amides is 1. The molecule has 6 heteroatoms. The number of rotatable bonds is 6. The summed E-state index contributed by atoms with van der Waals surface area (Å²) in [6.45, 7) is -0.441. The Morgan fingerprint density at radius 1 is 1.33 bits per heavy atom. The second-order valence-corrected chi connectivity index (χ2v) is 3.80. The predicted octanol–water partition coefficient (Wildman–Crippen LogP) is 0.446. The number of nitrogens with one attached hydrogen (secondary N) is 1. The number of aliphatic hydroxyl groups is 1. The minimum Gasteiger partial charge on any atom is -0.459 e. The molecule has 2 N–H and O–H groups in total. The quantitative estimate of drug-likeness (QED) is 0.582. The lowest BCUT2D eigenvalue weighted by molar-refractivity contribution is -0.150. The maximum absolute atomic E-state index is 11.6. The summed E-state index contributed by atoms with van der Waals surface area (Å²) in [4.78, 5) is 22.6. The minimum absolute atomic E-state index is 0.0902. The van der Waals surface area contributed by atoms with Crippen LogP contribution in [0.1, 0.15) is 5.56 Å². The Morgan fingerprint density at radius 3 is 2.56 bits per heavy atom. The van der Waals surface area contributed by atoms with Crippen molar-refractivity contribution in [3.8, 4) is 0 Å². The average Bonchev–Trinajstić information content (AvgIpc) is 2.42. The first kappa shape index (κ1) is 14.5. The first-order valence-electron chi connectivity index (χ1n) is 5.34. The molecule has 0 spiro atoms. The van der Waals surface area contributed by atoms with Gasteiger partial charge in [-0.2, -0.15) is 0 Å². The van der Waals surface area contributed by atoms with Crippen molar-refractivity contribution in [1.29, 1.82) is 0 Å². The van der Waals surface area contributed by atoms with E-state index >= 15 is 0 Å². The van der Waals surface area contributed by atoms with Crippen LogP contribution in [0, 0.1) is 0 Å². The molecule has 0 bridgehead atoms. The lowest BCUT2D eigenvalue weighted by Crippen LogP contribution is -2.44. The zero-order valence-electron chi connectivity index (χ0n) is 9.64. The van der Waals surface area contributed by atoms with Crippen molar-refractivity contribution in [3.63, 3.8) is 0 Å². The smallest absolute Gasteiger partial charge is 0.331 e. The molecule has 1 atom stereocenters. The molecular formula is C12H14ClNO4. The molecule has 0 aliphatic carbocycles. The molecule has 0 aromatic heterocycles. The number of carbonyl (C=O) groups excluding carboxylic acids is 2. The highest BCUT2D eigenvalue weighted by Gasteiger charge is 2.20. The van der Waals surface area contributed by atoms with Gasteiger partial charge >= 0.3 is 5.97 Å². The second-order valence-electron chi connectivity index (χ2n) is 3.53. The van der Waals surface area contributed by atoms with Crippen LogP contribution in [0.3, 0.4) is 0 Å². The Bertz CT molecular complexity index is 396. The van der Waals surface area contributed by atoms with Gasteiger partial charge < -0.3 is 15.2 Å². The van der Waals surface area contributed by atoms with Crippen LogP contribution < -0.4 is 5.32 Å². The standard InChI is InChI=1S/C12H14ClNO4/c13-6-11(16)14-10(7-15)12(17)18-8-9-4-2-1-3-5-9/h1-5,10,15H,6-8H2,(H,14,16)/t10-/m0/s1. The van der Waals surface area contributed by atoms with E-state index in [4.69, 9.17) is 21.4 Å². The van der Waals surface area contributed by atoms with Gasteiger partial charge in [-0.25, -0.2) is 4.79 Å². The van der Waals surface area contributed by atoms with E-state index in [1.807, 2.05) is 18.2 Å². The van der Waals surface area contributed by atoms with Crippen molar-refractivity contribution in [2.45, 2.75) is 12.6 Å². The van der Waals surface area contributed by atoms with Gasteiger partial charge in [0, 0.05) is 0 Å². The monoisotopic (exact) mass is 271 g/mol. The fourth-order valence-corrected chi connectivity index (χ4v) is 1.32. The Kier molecular flexibility index (Phi) is 6.18. The number of hydrogen-bond donors (Lipinski definition) is 2. The third kappa shape index (κ3) is 4.73. The van der Waals surface area contributed by atoms with E-state index in [-0.39, 0.29) is 12.5 Å². The lowest BCUT2D eigenvalue weighted by Gasteiger charge is -2.14. The lowest BCUT2D eigenvalue weighted by atomic mass is 10.2. The molecule has 5 nitrogen and oxygen atoms in total. The van der Waals surface area contributed by atoms with Crippen LogP contribution in [0.5, 0.6) is 0 Å². The number of hydrogen-bond acceptors (Lipinski definition) is 4. The van der Waals surface area contributed by atoms with Gasteiger partial charge in [0.15, 0.2) is 6.04 Å². The number of aliphatic hydroxyl groups excluding tert-OH is 1. The van der Waals surface area contributed by atoms with Crippen molar-refractivity contribution < 1.29 is 19.4 Å². The van der Waals surface area contributed by atoms with Crippen molar-refractivity contribution in [2.75, 3.05) is 12.5 Å². The molecule has 1 aromatic rings. The molecule has 98 valence electrons. The molecule has 1 rings (SSSR count). The molecule has 0 saturated heterocycles. The third-order valence-corrected chi connectivity index (χ3v) is 2.39. The van der Waals surface area contributed by atoms with Gasteiger partial charge in [0.1, 0.15) is 12.5 Å². The van der Waals surface area contributed by atoms with Gasteiger partial charge in [-0.3, -0.25) is 4.79 Å². The molecule has 1 amide bonds. The van der Waals surface area contributed by atoms with Crippen LogP contribution in [0.15, 0.2) is 30.3 Å². The Morgan fingerprint density at radius 2 is 2.00 bits per heavy atom. The van der Waals surface area contributed by atoms with Crippen molar-refractivity contribution in [2.24, 2.45) is 0 Å². The Hall–Kier alpha value is -1.59. The largest absolute Gasteiger partial charge is 0.459 e. The maximum atomic E-state index is 11.6.